The number of nitrogens with one attached hydrogen (secondary N) is 2. The molecule has 1 unspecified atom stereocenters. The molecule has 3 rings (SSSR count). The van der Waals surface area contributed by atoms with E-state index in [9.17, 15) is 4.79 Å². The van der Waals surface area contributed by atoms with Crippen molar-refractivity contribution in [3.05, 3.63) is 59.4 Å². The fraction of sp³-hybridized carbons (Fsp3) is 0.200. The lowest BCUT2D eigenvalue weighted by molar-refractivity contribution is 0.0601. The average molecular weight is 269 g/mol. The van der Waals surface area contributed by atoms with Crippen molar-refractivity contribution in [3.8, 4) is 0 Å². The van der Waals surface area contributed by atoms with Gasteiger partial charge in [0.05, 0.1) is 18.4 Å². The fourth-order valence-electron chi connectivity index (χ4n) is 2.35. The molecule has 20 heavy (non-hydrogen) atoms. The Morgan fingerprint density at radius 2 is 2.25 bits per heavy atom. The van der Waals surface area contributed by atoms with Gasteiger partial charge in [-0.2, -0.15) is 0 Å². The van der Waals surface area contributed by atoms with E-state index in [1.54, 1.807) is 18.5 Å². The largest absolute Gasteiger partial charge is 0.465 e. The second kappa shape index (κ2) is 5.30. The minimum absolute atomic E-state index is 0.0676. The topological polar surface area (TPSA) is 63.2 Å². The maximum absolute atomic E-state index is 11.8. The van der Waals surface area contributed by atoms with Gasteiger partial charge in [0.15, 0.2) is 0 Å². The highest BCUT2D eigenvalue weighted by atomic mass is 16.5. The van der Waals surface area contributed by atoms with Gasteiger partial charge in [-0.3, -0.25) is 10.3 Å². The molecular formula is C15H15N3O2. The number of esters is 1. The van der Waals surface area contributed by atoms with Gasteiger partial charge in [-0.1, -0.05) is 18.2 Å². The van der Waals surface area contributed by atoms with Crippen molar-refractivity contribution in [2.75, 3.05) is 12.4 Å². The Morgan fingerprint density at radius 3 is 3.00 bits per heavy atom. The van der Waals surface area contributed by atoms with E-state index in [0.717, 1.165) is 16.8 Å². The zero-order valence-electron chi connectivity index (χ0n) is 11.1. The first kappa shape index (κ1) is 12.6. The van der Waals surface area contributed by atoms with Gasteiger partial charge in [0.25, 0.3) is 0 Å². The Kier molecular flexibility index (Phi) is 3.35. The highest BCUT2D eigenvalue weighted by molar-refractivity contribution is 5.96. The second-order valence-electron chi connectivity index (χ2n) is 4.58. The molecule has 0 amide bonds. The van der Waals surface area contributed by atoms with E-state index in [4.69, 9.17) is 4.74 Å². The van der Waals surface area contributed by atoms with E-state index < -0.39 is 0 Å². The number of hydrogen-bond acceptors (Lipinski definition) is 5. The summed E-state index contributed by atoms with van der Waals surface area (Å²) in [5.74, 6) is -0.332. The minimum Gasteiger partial charge on any atom is -0.465 e. The number of anilines is 1. The van der Waals surface area contributed by atoms with Gasteiger partial charge in [-0.25, -0.2) is 4.79 Å². The van der Waals surface area contributed by atoms with E-state index in [1.165, 1.54) is 7.11 Å². The zero-order chi connectivity index (χ0) is 13.9. The number of methoxy groups -OCH3 is 1. The SMILES string of the molecule is COC(=O)c1cccc2c1NC(c1cccnc1)NC2. The first-order chi connectivity index (χ1) is 9.79. The third-order valence-corrected chi connectivity index (χ3v) is 3.36. The summed E-state index contributed by atoms with van der Waals surface area (Å²) in [6.07, 6.45) is 3.47. The molecule has 0 saturated carbocycles. The number of benzene rings is 1. The number of para-hydroxylation sites is 1. The van der Waals surface area contributed by atoms with E-state index in [1.807, 2.05) is 24.3 Å². The third-order valence-electron chi connectivity index (χ3n) is 3.36. The molecule has 5 heteroatoms. The summed E-state index contributed by atoms with van der Waals surface area (Å²) in [5, 5.41) is 6.72. The van der Waals surface area contributed by atoms with Crippen LogP contribution in [0.2, 0.25) is 0 Å². The molecule has 1 aliphatic heterocycles. The van der Waals surface area contributed by atoms with Crippen LogP contribution in [0.4, 0.5) is 5.69 Å². The molecule has 2 heterocycles. The molecule has 0 bridgehead atoms. The molecule has 0 saturated heterocycles. The molecule has 1 aromatic heterocycles. The van der Waals surface area contributed by atoms with Gasteiger partial charge in [0, 0.05) is 24.5 Å². The number of hydrogen-bond donors (Lipinski definition) is 2. The van der Waals surface area contributed by atoms with Crippen LogP contribution in [0.25, 0.3) is 0 Å². The molecular weight excluding hydrogens is 254 g/mol. The Bertz CT molecular complexity index is 628. The van der Waals surface area contributed by atoms with E-state index in [-0.39, 0.29) is 12.1 Å². The van der Waals surface area contributed by atoms with Crippen molar-refractivity contribution in [3.63, 3.8) is 0 Å². The molecule has 2 N–H and O–H groups in total. The van der Waals surface area contributed by atoms with Gasteiger partial charge in [0.1, 0.15) is 6.17 Å². The lowest BCUT2D eigenvalue weighted by atomic mass is 10.0. The van der Waals surface area contributed by atoms with Crippen LogP contribution in [0, 0.1) is 0 Å². The summed E-state index contributed by atoms with van der Waals surface area (Å²) < 4.78 is 4.83. The van der Waals surface area contributed by atoms with Crippen LogP contribution in [0.3, 0.4) is 0 Å². The van der Waals surface area contributed by atoms with Crippen molar-refractivity contribution in [2.45, 2.75) is 12.7 Å². The smallest absolute Gasteiger partial charge is 0.339 e. The standard InChI is InChI=1S/C15H15N3O2/c1-20-15(19)12-6-2-4-10-9-17-14(18-13(10)12)11-5-3-7-16-8-11/h2-8,14,17-18H,9H2,1H3. The molecule has 5 nitrogen and oxygen atoms in total. The number of aromatic nitrogens is 1. The van der Waals surface area contributed by atoms with Gasteiger partial charge in [-0.15, -0.1) is 0 Å². The maximum atomic E-state index is 11.8. The summed E-state index contributed by atoms with van der Waals surface area (Å²) in [5.41, 5.74) is 3.46. The van der Waals surface area contributed by atoms with Gasteiger partial charge in [-0.05, 0) is 17.7 Å². The van der Waals surface area contributed by atoms with E-state index >= 15 is 0 Å². The summed E-state index contributed by atoms with van der Waals surface area (Å²) in [6.45, 7) is 0.687. The number of rotatable bonds is 2. The first-order valence-electron chi connectivity index (χ1n) is 6.39. The van der Waals surface area contributed by atoms with Gasteiger partial charge in [0.2, 0.25) is 0 Å². The molecule has 0 aliphatic carbocycles. The van der Waals surface area contributed by atoms with Crippen molar-refractivity contribution in [1.82, 2.24) is 10.3 Å². The fourth-order valence-corrected chi connectivity index (χ4v) is 2.35. The first-order valence-corrected chi connectivity index (χ1v) is 6.39. The van der Waals surface area contributed by atoms with Crippen LogP contribution < -0.4 is 10.6 Å². The molecule has 0 radical (unpaired) electrons. The van der Waals surface area contributed by atoms with Crippen LogP contribution >= 0.6 is 0 Å². The Morgan fingerprint density at radius 1 is 1.35 bits per heavy atom. The van der Waals surface area contributed by atoms with E-state index in [0.29, 0.717) is 12.1 Å². The highest BCUT2D eigenvalue weighted by Crippen LogP contribution is 2.29. The Labute approximate surface area is 117 Å². The molecule has 102 valence electrons. The molecule has 1 aliphatic rings. The van der Waals surface area contributed by atoms with Crippen LogP contribution in [-0.4, -0.2) is 18.1 Å². The molecule has 2 aromatic rings. The third kappa shape index (κ3) is 2.23. The van der Waals surface area contributed by atoms with Gasteiger partial charge < -0.3 is 10.1 Å². The lowest BCUT2D eigenvalue weighted by Gasteiger charge is -2.29. The Hall–Kier alpha value is -2.40. The average Bonchev–Trinajstić information content (AvgIpc) is 2.54. The van der Waals surface area contributed by atoms with Crippen molar-refractivity contribution < 1.29 is 9.53 Å². The minimum atomic E-state index is -0.332. The second-order valence-corrected chi connectivity index (χ2v) is 4.58. The number of carbonyl (C=O) groups is 1. The summed E-state index contributed by atoms with van der Waals surface area (Å²) in [6, 6.07) is 9.49. The van der Waals surface area contributed by atoms with Crippen LogP contribution in [0.1, 0.15) is 27.7 Å². The van der Waals surface area contributed by atoms with E-state index in [2.05, 4.69) is 15.6 Å². The lowest BCUT2D eigenvalue weighted by Crippen LogP contribution is -2.33. The highest BCUT2D eigenvalue weighted by Gasteiger charge is 2.23. The normalized spacial score (nSPS) is 16.9. The summed E-state index contributed by atoms with van der Waals surface area (Å²) in [7, 11) is 1.39. The van der Waals surface area contributed by atoms with Crippen LogP contribution in [-0.2, 0) is 11.3 Å². The monoisotopic (exact) mass is 269 g/mol. The van der Waals surface area contributed by atoms with Crippen LogP contribution in [0.5, 0.6) is 0 Å². The predicted octanol–water partition coefficient (Wildman–Crippen LogP) is 2.08. The molecule has 1 atom stereocenters. The van der Waals surface area contributed by atoms with Crippen molar-refractivity contribution in [2.24, 2.45) is 0 Å². The predicted molar refractivity (Wildman–Crippen MR) is 75.2 cm³/mol. The quantitative estimate of drug-likeness (QED) is 0.817. The van der Waals surface area contributed by atoms with Crippen molar-refractivity contribution in [1.29, 1.82) is 0 Å². The number of pyridine rings is 1. The Balaban J connectivity index is 1.96. The van der Waals surface area contributed by atoms with Crippen molar-refractivity contribution >= 4 is 11.7 Å². The zero-order valence-corrected chi connectivity index (χ0v) is 11.1. The van der Waals surface area contributed by atoms with Gasteiger partial charge >= 0.3 is 5.97 Å². The summed E-state index contributed by atoms with van der Waals surface area (Å²) >= 11 is 0. The summed E-state index contributed by atoms with van der Waals surface area (Å²) in [4.78, 5) is 16.0. The molecule has 1 aromatic carbocycles. The number of fused-ring (bicyclic) bond motifs is 1. The number of carbonyl (C=O) groups excluding carboxylic acids is 1. The molecule has 0 spiro atoms. The number of ether oxygens (including phenoxy) is 1. The van der Waals surface area contributed by atoms with Crippen LogP contribution in [0.15, 0.2) is 42.7 Å². The molecule has 0 fully saturated rings. The maximum Gasteiger partial charge on any atom is 0.339 e. The number of nitrogens with zero attached hydrogens (tertiary/aromatic N) is 1.